The zero-order valence-corrected chi connectivity index (χ0v) is 9.43. The molecule has 0 aliphatic carbocycles. The summed E-state index contributed by atoms with van der Waals surface area (Å²) in [4.78, 5) is 4.59. The Hall–Kier alpha value is -0.870. The average Bonchev–Trinajstić information content (AvgIpc) is 2.88. The maximum absolute atomic E-state index is 9.83. The molecule has 4 nitrogen and oxygen atoms in total. The van der Waals surface area contributed by atoms with Crippen LogP contribution in [-0.2, 0) is 17.6 Å². The quantitative estimate of drug-likeness (QED) is 0.823. The molecule has 0 saturated carbocycles. The van der Waals surface area contributed by atoms with Gasteiger partial charge >= 0.3 is 0 Å². The molecular weight excluding hydrogens is 204 g/mol. The van der Waals surface area contributed by atoms with Crippen molar-refractivity contribution in [1.29, 1.82) is 0 Å². The Balaban J connectivity index is 1.75. The highest BCUT2D eigenvalue weighted by Gasteiger charge is 2.22. The van der Waals surface area contributed by atoms with Gasteiger partial charge in [-0.25, -0.2) is 4.98 Å². The second kappa shape index (κ2) is 4.18. The first-order valence-electron chi connectivity index (χ1n) is 6.19. The smallest absolute Gasteiger partial charge is 0.131 e. The molecule has 1 aromatic heterocycles. The lowest BCUT2D eigenvalue weighted by molar-refractivity contribution is 0.0779. The number of nitrogens with zero attached hydrogens (tertiary/aromatic N) is 2. The van der Waals surface area contributed by atoms with E-state index in [4.69, 9.17) is 4.74 Å². The van der Waals surface area contributed by atoms with E-state index in [0.29, 0.717) is 6.10 Å². The van der Waals surface area contributed by atoms with Crippen LogP contribution in [0.2, 0.25) is 0 Å². The molecule has 0 spiro atoms. The van der Waals surface area contributed by atoms with Crippen molar-refractivity contribution in [2.75, 3.05) is 6.61 Å². The number of aliphatic hydroxyl groups is 1. The standard InChI is InChI=1S/C12H18N2O2/c15-12-5-1-4-11-13-9(8-14(11)12)7-10-3-2-6-16-10/h8,10,12,15H,1-7H2. The Morgan fingerprint density at radius 2 is 2.38 bits per heavy atom. The Morgan fingerprint density at radius 1 is 1.44 bits per heavy atom. The maximum Gasteiger partial charge on any atom is 0.131 e. The molecule has 4 heteroatoms. The highest BCUT2D eigenvalue weighted by molar-refractivity contribution is 5.08. The molecular formula is C12H18N2O2. The van der Waals surface area contributed by atoms with Crippen molar-refractivity contribution >= 4 is 0 Å². The fourth-order valence-electron chi connectivity index (χ4n) is 2.65. The Kier molecular flexibility index (Phi) is 2.69. The van der Waals surface area contributed by atoms with E-state index in [9.17, 15) is 5.11 Å². The Bertz CT molecular complexity index is 369. The number of aromatic nitrogens is 2. The summed E-state index contributed by atoms with van der Waals surface area (Å²) in [7, 11) is 0. The van der Waals surface area contributed by atoms with Gasteiger partial charge in [0.2, 0.25) is 0 Å². The summed E-state index contributed by atoms with van der Waals surface area (Å²) in [6, 6.07) is 0. The second-order valence-electron chi connectivity index (χ2n) is 4.77. The van der Waals surface area contributed by atoms with Gasteiger partial charge in [-0.2, -0.15) is 0 Å². The molecule has 0 bridgehead atoms. The molecule has 88 valence electrons. The van der Waals surface area contributed by atoms with Crippen molar-refractivity contribution in [1.82, 2.24) is 9.55 Å². The van der Waals surface area contributed by atoms with Gasteiger partial charge < -0.3 is 14.4 Å². The summed E-state index contributed by atoms with van der Waals surface area (Å²) in [5, 5.41) is 9.83. The first-order chi connectivity index (χ1) is 7.83. The highest BCUT2D eigenvalue weighted by atomic mass is 16.5. The number of rotatable bonds is 2. The van der Waals surface area contributed by atoms with Crippen LogP contribution in [0.1, 0.15) is 43.4 Å². The first kappa shape index (κ1) is 10.3. The van der Waals surface area contributed by atoms with E-state index in [2.05, 4.69) is 4.98 Å². The third-order valence-electron chi connectivity index (χ3n) is 3.50. The van der Waals surface area contributed by atoms with Gasteiger partial charge in [0.15, 0.2) is 0 Å². The monoisotopic (exact) mass is 222 g/mol. The zero-order valence-electron chi connectivity index (χ0n) is 9.43. The third kappa shape index (κ3) is 1.87. The van der Waals surface area contributed by atoms with Gasteiger partial charge in [-0.05, 0) is 25.7 Å². The topological polar surface area (TPSA) is 47.3 Å². The van der Waals surface area contributed by atoms with Crippen LogP contribution in [0, 0.1) is 0 Å². The van der Waals surface area contributed by atoms with Crippen molar-refractivity contribution in [3.8, 4) is 0 Å². The molecule has 2 unspecified atom stereocenters. The first-order valence-corrected chi connectivity index (χ1v) is 6.19. The van der Waals surface area contributed by atoms with E-state index in [1.807, 2.05) is 10.8 Å². The molecule has 2 atom stereocenters. The van der Waals surface area contributed by atoms with Crippen LogP contribution in [0.25, 0.3) is 0 Å². The van der Waals surface area contributed by atoms with Gasteiger partial charge in [0.25, 0.3) is 0 Å². The number of imidazole rings is 1. The van der Waals surface area contributed by atoms with Crippen LogP contribution >= 0.6 is 0 Å². The van der Waals surface area contributed by atoms with Gasteiger partial charge in [-0.1, -0.05) is 0 Å². The fourth-order valence-corrected chi connectivity index (χ4v) is 2.65. The van der Waals surface area contributed by atoms with E-state index in [1.54, 1.807) is 0 Å². The molecule has 2 aliphatic heterocycles. The minimum Gasteiger partial charge on any atom is -0.378 e. The highest BCUT2D eigenvalue weighted by Crippen LogP contribution is 2.24. The number of aryl methyl sites for hydroxylation is 1. The van der Waals surface area contributed by atoms with Gasteiger partial charge in [0, 0.05) is 25.6 Å². The minimum absolute atomic E-state index is 0.342. The Morgan fingerprint density at radius 3 is 3.12 bits per heavy atom. The third-order valence-corrected chi connectivity index (χ3v) is 3.50. The van der Waals surface area contributed by atoms with Crippen LogP contribution in [0.5, 0.6) is 0 Å². The summed E-state index contributed by atoms with van der Waals surface area (Å²) in [6.45, 7) is 0.890. The summed E-state index contributed by atoms with van der Waals surface area (Å²) in [5.41, 5.74) is 1.07. The lowest BCUT2D eigenvalue weighted by Gasteiger charge is -2.19. The van der Waals surface area contributed by atoms with Crippen molar-refractivity contribution < 1.29 is 9.84 Å². The number of aliphatic hydroxyl groups excluding tert-OH is 1. The van der Waals surface area contributed by atoms with Crippen molar-refractivity contribution in [2.24, 2.45) is 0 Å². The minimum atomic E-state index is -0.366. The van der Waals surface area contributed by atoms with Crippen molar-refractivity contribution in [2.45, 2.75) is 50.9 Å². The van der Waals surface area contributed by atoms with Gasteiger partial charge in [0.1, 0.15) is 12.1 Å². The molecule has 16 heavy (non-hydrogen) atoms. The second-order valence-corrected chi connectivity index (χ2v) is 4.77. The SMILES string of the molecule is OC1CCCc2nc(CC3CCCO3)cn21. The van der Waals surface area contributed by atoms with Crippen molar-refractivity contribution in [3.05, 3.63) is 17.7 Å². The number of ether oxygens (including phenoxy) is 1. The predicted octanol–water partition coefficient (Wildman–Crippen LogP) is 1.43. The average molecular weight is 222 g/mol. The van der Waals surface area contributed by atoms with Gasteiger partial charge in [-0.15, -0.1) is 0 Å². The van der Waals surface area contributed by atoms with E-state index >= 15 is 0 Å². The van der Waals surface area contributed by atoms with E-state index < -0.39 is 0 Å². The van der Waals surface area contributed by atoms with Crippen molar-refractivity contribution in [3.63, 3.8) is 0 Å². The van der Waals surface area contributed by atoms with Gasteiger partial charge in [0.05, 0.1) is 11.8 Å². The molecule has 1 saturated heterocycles. The molecule has 0 aromatic carbocycles. The van der Waals surface area contributed by atoms with Gasteiger partial charge in [-0.3, -0.25) is 0 Å². The molecule has 3 heterocycles. The summed E-state index contributed by atoms with van der Waals surface area (Å²) in [6.07, 6.45) is 8.06. The number of hydrogen-bond donors (Lipinski definition) is 1. The number of fused-ring (bicyclic) bond motifs is 1. The van der Waals surface area contributed by atoms with E-state index in [1.165, 1.54) is 6.42 Å². The summed E-state index contributed by atoms with van der Waals surface area (Å²) >= 11 is 0. The lowest BCUT2D eigenvalue weighted by atomic mass is 10.1. The molecule has 2 aliphatic rings. The molecule has 1 aromatic rings. The maximum atomic E-state index is 9.83. The van der Waals surface area contributed by atoms with Crippen LogP contribution in [0.3, 0.4) is 0 Å². The van der Waals surface area contributed by atoms with Crippen LogP contribution < -0.4 is 0 Å². The molecule has 0 radical (unpaired) electrons. The van der Waals surface area contributed by atoms with Crippen LogP contribution in [0.15, 0.2) is 6.20 Å². The fraction of sp³-hybridized carbons (Fsp3) is 0.750. The molecule has 1 fully saturated rings. The van der Waals surface area contributed by atoms with E-state index in [0.717, 1.165) is 50.2 Å². The summed E-state index contributed by atoms with van der Waals surface area (Å²) in [5.74, 6) is 1.03. The van der Waals surface area contributed by atoms with Crippen LogP contribution in [-0.4, -0.2) is 27.4 Å². The van der Waals surface area contributed by atoms with E-state index in [-0.39, 0.29) is 6.23 Å². The molecule has 3 rings (SSSR count). The van der Waals surface area contributed by atoms with Crippen LogP contribution in [0.4, 0.5) is 0 Å². The Labute approximate surface area is 95.3 Å². The largest absolute Gasteiger partial charge is 0.378 e. The molecule has 0 amide bonds. The normalized spacial score (nSPS) is 29.3. The number of hydrogen-bond acceptors (Lipinski definition) is 3. The zero-order chi connectivity index (χ0) is 11.0. The molecule has 1 N–H and O–H groups in total. The lowest BCUT2D eigenvalue weighted by Crippen LogP contribution is -2.16. The predicted molar refractivity (Wildman–Crippen MR) is 59.1 cm³/mol. The summed E-state index contributed by atoms with van der Waals surface area (Å²) < 4.78 is 7.53.